The predicted molar refractivity (Wildman–Crippen MR) is 111 cm³/mol. The molecule has 3 rings (SSSR count). The van der Waals surface area contributed by atoms with Gasteiger partial charge in [0.1, 0.15) is 17.2 Å². The van der Waals surface area contributed by atoms with Gasteiger partial charge >= 0.3 is 20.3 Å². The monoisotopic (exact) mass is 450 g/mol. The van der Waals surface area contributed by atoms with E-state index in [1.54, 1.807) is 36.4 Å². The van der Waals surface area contributed by atoms with Crippen molar-refractivity contribution in [3.05, 3.63) is 90.5 Å². The van der Waals surface area contributed by atoms with Gasteiger partial charge < -0.3 is 28.7 Å². The molecular weight excluding hydrogens is 430 g/mol. The molecule has 3 aromatic carbocycles. The lowest BCUT2D eigenvalue weighted by atomic mass is 10.2. The second kappa shape index (κ2) is 8.64. The minimum absolute atomic E-state index is 0.0741. The molecule has 0 aliphatic carbocycles. The fourth-order valence-electron chi connectivity index (χ4n) is 2.68. The van der Waals surface area contributed by atoms with Crippen molar-refractivity contribution in [1.82, 2.24) is 0 Å². The van der Waals surface area contributed by atoms with Gasteiger partial charge in [0.2, 0.25) is 0 Å². The van der Waals surface area contributed by atoms with Crippen LogP contribution >= 0.6 is 15.2 Å². The zero-order valence-electron chi connectivity index (χ0n) is 15.9. The Balaban J connectivity index is 2.12. The van der Waals surface area contributed by atoms with Crippen LogP contribution in [0.4, 0.5) is 0 Å². The molecular formula is C20H20O8P2. The summed E-state index contributed by atoms with van der Waals surface area (Å²) in [5, 5.41) is 8.01. The SMILES string of the molecule is COc1ccc(C(O)(P(=O)(O)Oc2ccccc2)P(=O)(O)Oc2ccccc2)cc1. The summed E-state index contributed by atoms with van der Waals surface area (Å²) in [6.07, 6.45) is 0. The van der Waals surface area contributed by atoms with Gasteiger partial charge in [0.05, 0.1) is 7.11 Å². The Labute approximate surface area is 173 Å². The molecule has 0 amide bonds. The van der Waals surface area contributed by atoms with Gasteiger partial charge in [-0.2, -0.15) is 0 Å². The summed E-state index contributed by atoms with van der Waals surface area (Å²) in [5.41, 5.74) is -0.355. The van der Waals surface area contributed by atoms with Gasteiger partial charge in [-0.25, -0.2) is 9.13 Å². The van der Waals surface area contributed by atoms with E-state index in [0.29, 0.717) is 5.75 Å². The molecule has 30 heavy (non-hydrogen) atoms. The van der Waals surface area contributed by atoms with Crippen LogP contribution in [0.15, 0.2) is 84.9 Å². The molecule has 0 aliphatic rings. The highest BCUT2D eigenvalue weighted by atomic mass is 31.2. The van der Waals surface area contributed by atoms with Crippen LogP contribution in [0.5, 0.6) is 17.2 Å². The molecule has 0 fully saturated rings. The van der Waals surface area contributed by atoms with Crippen molar-refractivity contribution in [3.8, 4) is 17.2 Å². The molecule has 0 heterocycles. The number of hydrogen-bond acceptors (Lipinski definition) is 6. The molecule has 2 atom stereocenters. The summed E-state index contributed by atoms with van der Waals surface area (Å²) in [6.45, 7) is 0. The summed E-state index contributed by atoms with van der Waals surface area (Å²) >= 11 is 0. The van der Waals surface area contributed by atoms with E-state index in [-0.39, 0.29) is 17.1 Å². The lowest BCUT2D eigenvalue weighted by molar-refractivity contribution is 0.135. The molecule has 2 unspecified atom stereocenters. The summed E-state index contributed by atoms with van der Waals surface area (Å²) in [5.74, 6) is 0.222. The normalized spacial score (nSPS) is 17.1. The summed E-state index contributed by atoms with van der Waals surface area (Å²) in [4.78, 5) is 21.4. The Kier molecular flexibility index (Phi) is 6.36. The smallest absolute Gasteiger partial charge is 0.426 e. The molecule has 0 aliphatic heterocycles. The van der Waals surface area contributed by atoms with Crippen molar-refractivity contribution < 1.29 is 37.8 Å². The quantitative estimate of drug-likeness (QED) is 0.434. The van der Waals surface area contributed by atoms with Gasteiger partial charge in [0, 0.05) is 5.56 Å². The topological polar surface area (TPSA) is 123 Å². The van der Waals surface area contributed by atoms with Crippen LogP contribution in [0.1, 0.15) is 5.56 Å². The fraction of sp³-hybridized carbons (Fsp3) is 0.100. The van der Waals surface area contributed by atoms with Crippen LogP contribution in [0.25, 0.3) is 0 Å². The molecule has 10 heteroatoms. The minimum atomic E-state index is -5.26. The third-order valence-corrected chi connectivity index (χ3v) is 8.74. The number of aliphatic hydroxyl groups is 1. The van der Waals surface area contributed by atoms with Crippen LogP contribution in [-0.2, 0) is 14.2 Å². The van der Waals surface area contributed by atoms with E-state index >= 15 is 0 Å². The van der Waals surface area contributed by atoms with Crippen LogP contribution in [0, 0.1) is 0 Å². The highest BCUT2D eigenvalue weighted by Gasteiger charge is 2.66. The van der Waals surface area contributed by atoms with E-state index in [1.165, 1.54) is 55.6 Å². The Morgan fingerprint density at radius 3 is 1.43 bits per heavy atom. The van der Waals surface area contributed by atoms with Crippen molar-refractivity contribution >= 4 is 15.2 Å². The molecule has 3 aromatic rings. The van der Waals surface area contributed by atoms with E-state index in [2.05, 4.69) is 0 Å². The first-order valence-electron chi connectivity index (χ1n) is 8.71. The average molecular weight is 450 g/mol. The van der Waals surface area contributed by atoms with Crippen LogP contribution in [0.3, 0.4) is 0 Å². The number of para-hydroxylation sites is 2. The van der Waals surface area contributed by atoms with Crippen LogP contribution < -0.4 is 13.8 Å². The zero-order chi connectivity index (χ0) is 21.8. The first-order chi connectivity index (χ1) is 14.2. The zero-order valence-corrected chi connectivity index (χ0v) is 17.6. The van der Waals surface area contributed by atoms with Gasteiger partial charge in [-0.3, -0.25) is 0 Å². The maximum atomic E-state index is 13.2. The summed E-state index contributed by atoms with van der Waals surface area (Å²) < 4.78 is 41.8. The molecule has 158 valence electrons. The first kappa shape index (κ1) is 22.1. The van der Waals surface area contributed by atoms with E-state index in [1.807, 2.05) is 0 Å². The lowest BCUT2D eigenvalue weighted by Gasteiger charge is -2.34. The lowest BCUT2D eigenvalue weighted by Crippen LogP contribution is -2.30. The molecule has 0 aromatic heterocycles. The molecule has 0 saturated carbocycles. The average Bonchev–Trinajstić information content (AvgIpc) is 2.74. The van der Waals surface area contributed by atoms with E-state index in [4.69, 9.17) is 13.8 Å². The number of hydrogen-bond donors (Lipinski definition) is 3. The predicted octanol–water partition coefficient (Wildman–Crippen LogP) is 4.33. The summed E-state index contributed by atoms with van der Waals surface area (Å²) in [6, 6.07) is 20.1. The van der Waals surface area contributed by atoms with E-state index in [0.717, 1.165) is 0 Å². The van der Waals surface area contributed by atoms with Crippen LogP contribution in [-0.4, -0.2) is 22.0 Å². The Bertz CT molecular complexity index is 1010. The first-order valence-corrected chi connectivity index (χ1v) is 11.9. The second-order valence-corrected chi connectivity index (χ2v) is 10.3. The molecule has 0 spiro atoms. The minimum Gasteiger partial charge on any atom is -0.497 e. The van der Waals surface area contributed by atoms with Gasteiger partial charge in [0.15, 0.2) is 0 Å². The highest BCUT2D eigenvalue weighted by Crippen LogP contribution is 2.76. The van der Waals surface area contributed by atoms with Crippen LogP contribution in [0.2, 0.25) is 0 Å². The van der Waals surface area contributed by atoms with E-state index in [9.17, 15) is 24.0 Å². The number of rotatable bonds is 8. The van der Waals surface area contributed by atoms with Crippen molar-refractivity contribution in [2.24, 2.45) is 0 Å². The maximum Gasteiger partial charge on any atom is 0.426 e. The maximum absolute atomic E-state index is 13.2. The van der Waals surface area contributed by atoms with Gasteiger partial charge in [-0.1, -0.05) is 48.5 Å². The van der Waals surface area contributed by atoms with Gasteiger partial charge in [-0.15, -0.1) is 0 Å². The fourth-order valence-corrected chi connectivity index (χ4v) is 6.22. The number of ether oxygens (including phenoxy) is 1. The van der Waals surface area contributed by atoms with Gasteiger partial charge in [0.25, 0.3) is 0 Å². The molecule has 3 N–H and O–H groups in total. The summed E-state index contributed by atoms with van der Waals surface area (Å²) in [7, 11) is -9.12. The van der Waals surface area contributed by atoms with Crippen molar-refractivity contribution in [1.29, 1.82) is 0 Å². The highest BCUT2D eigenvalue weighted by molar-refractivity contribution is 7.72. The number of benzene rings is 3. The standard InChI is InChI=1S/C20H20O8P2/c1-26-17-14-12-16(13-15-17)20(21,29(22,23)27-18-8-4-2-5-9-18)30(24,25)28-19-10-6-3-7-11-19/h2-15,21H,1H3,(H,22,23)(H,24,25). The van der Waals surface area contributed by atoms with E-state index < -0.39 is 20.3 Å². The van der Waals surface area contributed by atoms with Crippen molar-refractivity contribution in [2.45, 2.75) is 5.08 Å². The number of methoxy groups -OCH3 is 1. The second-order valence-electron chi connectivity index (χ2n) is 6.21. The van der Waals surface area contributed by atoms with Crippen molar-refractivity contribution in [3.63, 3.8) is 0 Å². The Morgan fingerprint density at radius 2 is 1.07 bits per heavy atom. The molecule has 0 radical (unpaired) electrons. The largest absolute Gasteiger partial charge is 0.497 e. The van der Waals surface area contributed by atoms with Crippen molar-refractivity contribution in [2.75, 3.05) is 7.11 Å². The third kappa shape index (κ3) is 4.29. The molecule has 0 bridgehead atoms. The Morgan fingerprint density at radius 1 is 0.667 bits per heavy atom. The van der Waals surface area contributed by atoms with Gasteiger partial charge in [-0.05, 0) is 36.4 Å². The molecule has 0 saturated heterocycles. The third-order valence-electron chi connectivity index (χ3n) is 4.21. The molecule has 8 nitrogen and oxygen atoms in total. The Hall–Kier alpha value is -2.60.